The van der Waals surface area contributed by atoms with Crippen LogP contribution in [-0.4, -0.2) is 31.6 Å². The Balaban J connectivity index is 2.55. The highest BCUT2D eigenvalue weighted by atomic mass is 16.5. The highest BCUT2D eigenvalue weighted by Gasteiger charge is 2.34. The normalized spacial score (nSPS) is 13.4. The van der Waals surface area contributed by atoms with E-state index < -0.39 is 5.54 Å². The molecule has 1 rings (SSSR count). The lowest BCUT2D eigenvalue weighted by Crippen LogP contribution is -2.32. The summed E-state index contributed by atoms with van der Waals surface area (Å²) in [6.45, 7) is 9.15. The molecule has 1 aromatic carbocycles. The Labute approximate surface area is 107 Å². The van der Waals surface area contributed by atoms with Crippen LogP contribution in [0, 0.1) is 6.57 Å². The zero-order valence-corrected chi connectivity index (χ0v) is 10.7. The summed E-state index contributed by atoms with van der Waals surface area (Å²) in [7, 11) is 1.47. The minimum absolute atomic E-state index is 0.0381. The molecule has 0 aliphatic carbocycles. The van der Waals surface area contributed by atoms with Crippen LogP contribution in [0.4, 0.5) is 0 Å². The van der Waals surface area contributed by atoms with Crippen LogP contribution in [0.3, 0.4) is 0 Å². The predicted molar refractivity (Wildman–Crippen MR) is 68.4 cm³/mol. The van der Waals surface area contributed by atoms with Crippen molar-refractivity contribution in [3.8, 4) is 5.75 Å². The molecule has 1 unspecified atom stereocenters. The molecule has 0 N–H and O–H groups in total. The van der Waals surface area contributed by atoms with E-state index in [9.17, 15) is 4.79 Å². The Hall–Kier alpha value is -1.86. The van der Waals surface area contributed by atoms with Crippen molar-refractivity contribution in [3.63, 3.8) is 0 Å². The molecule has 0 aromatic heterocycles. The molecule has 0 amide bonds. The van der Waals surface area contributed by atoms with Gasteiger partial charge in [0.2, 0.25) is 0 Å². The van der Waals surface area contributed by atoms with Gasteiger partial charge in [0.15, 0.2) is 12.4 Å². The largest absolute Gasteiger partial charge is 0.485 e. The van der Waals surface area contributed by atoms with Crippen LogP contribution in [-0.2, 0) is 9.53 Å². The van der Waals surface area contributed by atoms with E-state index >= 15 is 0 Å². The molecule has 1 aromatic rings. The lowest BCUT2D eigenvalue weighted by Gasteiger charge is -2.17. The van der Waals surface area contributed by atoms with E-state index in [1.54, 1.807) is 6.92 Å². The van der Waals surface area contributed by atoms with Gasteiger partial charge in [0.1, 0.15) is 12.4 Å². The third kappa shape index (κ3) is 4.56. The smallest absolute Gasteiger partial charge is 0.270 e. The van der Waals surface area contributed by atoms with Gasteiger partial charge in [-0.15, -0.1) is 0 Å². The van der Waals surface area contributed by atoms with Gasteiger partial charge in [0, 0.05) is 14.0 Å². The first-order valence-electron chi connectivity index (χ1n) is 5.67. The van der Waals surface area contributed by atoms with Gasteiger partial charge in [-0.2, -0.15) is 0 Å². The van der Waals surface area contributed by atoms with Crippen molar-refractivity contribution in [1.82, 2.24) is 0 Å². The fourth-order valence-corrected chi connectivity index (χ4v) is 1.52. The molecular weight excluding hydrogens is 230 g/mol. The number of methoxy groups -OCH3 is 1. The fraction of sp³-hybridized carbons (Fsp3) is 0.429. The van der Waals surface area contributed by atoms with Crippen LogP contribution < -0.4 is 4.74 Å². The van der Waals surface area contributed by atoms with E-state index in [0.717, 1.165) is 0 Å². The van der Waals surface area contributed by atoms with E-state index in [1.807, 2.05) is 30.3 Å². The van der Waals surface area contributed by atoms with Gasteiger partial charge in [0.25, 0.3) is 5.54 Å². The topological polar surface area (TPSA) is 39.9 Å². The molecule has 0 aliphatic heterocycles. The van der Waals surface area contributed by atoms with Gasteiger partial charge in [-0.05, 0) is 12.1 Å². The predicted octanol–water partition coefficient (Wildman–Crippen LogP) is 2.35. The lowest BCUT2D eigenvalue weighted by molar-refractivity contribution is -0.123. The van der Waals surface area contributed by atoms with Crippen molar-refractivity contribution in [2.24, 2.45) is 0 Å². The molecule has 0 saturated heterocycles. The average Bonchev–Trinajstić information content (AvgIpc) is 2.38. The second kappa shape index (κ2) is 6.77. The minimum atomic E-state index is -0.842. The summed E-state index contributed by atoms with van der Waals surface area (Å²) in [5.74, 6) is 0.610. The van der Waals surface area contributed by atoms with Crippen LogP contribution in [0.15, 0.2) is 30.3 Å². The number of carbonyl (C=O) groups excluding carboxylic acids is 1. The number of hydrogen-bond acceptors (Lipinski definition) is 3. The van der Waals surface area contributed by atoms with Crippen LogP contribution in [0.25, 0.3) is 4.85 Å². The second-order valence-corrected chi connectivity index (χ2v) is 4.36. The molecule has 0 saturated carbocycles. The molecule has 4 nitrogen and oxygen atoms in total. The molecule has 0 fully saturated rings. The average molecular weight is 247 g/mol. The Bertz CT molecular complexity index is 424. The van der Waals surface area contributed by atoms with E-state index in [2.05, 4.69) is 4.85 Å². The number of Topliss-reactive ketones (excluding diaryl/α,β-unsaturated/α-hetero) is 1. The van der Waals surface area contributed by atoms with Crippen molar-refractivity contribution in [2.75, 3.05) is 20.3 Å². The summed E-state index contributed by atoms with van der Waals surface area (Å²) in [5.41, 5.74) is -0.842. The highest BCUT2D eigenvalue weighted by molar-refractivity contribution is 5.81. The summed E-state index contributed by atoms with van der Waals surface area (Å²) in [5, 5.41) is 0. The summed E-state index contributed by atoms with van der Waals surface area (Å²) >= 11 is 0. The Morgan fingerprint density at radius 2 is 2.06 bits per heavy atom. The van der Waals surface area contributed by atoms with Gasteiger partial charge in [-0.3, -0.25) is 4.79 Å². The SMILES string of the molecule is [C-]#[N+]C(C)(COc1ccccc1)CC(=O)COC. The first-order valence-corrected chi connectivity index (χ1v) is 5.67. The number of hydrogen-bond donors (Lipinski definition) is 0. The Morgan fingerprint density at radius 1 is 1.39 bits per heavy atom. The molecule has 4 heteroatoms. The van der Waals surface area contributed by atoms with E-state index in [1.165, 1.54) is 7.11 Å². The van der Waals surface area contributed by atoms with Crippen molar-refractivity contribution >= 4 is 5.78 Å². The van der Waals surface area contributed by atoms with E-state index in [-0.39, 0.29) is 25.4 Å². The first kappa shape index (κ1) is 14.2. The second-order valence-electron chi connectivity index (χ2n) is 4.36. The molecule has 1 atom stereocenters. The van der Waals surface area contributed by atoms with Crippen LogP contribution >= 0.6 is 0 Å². The van der Waals surface area contributed by atoms with Crippen LogP contribution in [0.5, 0.6) is 5.75 Å². The summed E-state index contributed by atoms with van der Waals surface area (Å²) in [6, 6.07) is 9.26. The number of benzene rings is 1. The monoisotopic (exact) mass is 247 g/mol. The number of rotatable bonds is 7. The quantitative estimate of drug-likeness (QED) is 0.694. The highest BCUT2D eigenvalue weighted by Crippen LogP contribution is 2.19. The van der Waals surface area contributed by atoms with Gasteiger partial charge >= 0.3 is 0 Å². The first-order chi connectivity index (χ1) is 8.59. The zero-order valence-electron chi connectivity index (χ0n) is 10.7. The molecule has 0 radical (unpaired) electrons. The molecular formula is C14H17NO3. The van der Waals surface area contributed by atoms with Crippen molar-refractivity contribution in [2.45, 2.75) is 18.9 Å². The number of para-hydroxylation sites is 1. The zero-order chi connectivity index (χ0) is 13.4. The summed E-state index contributed by atoms with van der Waals surface area (Å²) < 4.78 is 10.3. The lowest BCUT2D eigenvalue weighted by atomic mass is 9.97. The number of nitrogens with zero attached hydrogens (tertiary/aromatic N) is 1. The molecule has 0 aliphatic rings. The Kier molecular flexibility index (Phi) is 5.34. The third-order valence-electron chi connectivity index (χ3n) is 2.45. The standard InChI is InChI=1S/C14H17NO3/c1-14(15-2,9-12(16)10-17-3)11-18-13-7-5-4-6-8-13/h4-8H,9-11H2,1,3H3. The third-order valence-corrected chi connectivity index (χ3v) is 2.45. The molecule has 96 valence electrons. The van der Waals surface area contributed by atoms with Gasteiger partial charge < -0.3 is 14.3 Å². The van der Waals surface area contributed by atoms with Crippen molar-refractivity contribution in [1.29, 1.82) is 0 Å². The van der Waals surface area contributed by atoms with Gasteiger partial charge in [-0.25, -0.2) is 6.57 Å². The maximum absolute atomic E-state index is 11.5. The molecule has 0 spiro atoms. The molecule has 0 heterocycles. The fourth-order valence-electron chi connectivity index (χ4n) is 1.52. The van der Waals surface area contributed by atoms with E-state index in [0.29, 0.717) is 5.75 Å². The van der Waals surface area contributed by atoms with Gasteiger partial charge in [-0.1, -0.05) is 18.2 Å². The number of ketones is 1. The van der Waals surface area contributed by atoms with E-state index in [4.69, 9.17) is 16.0 Å². The van der Waals surface area contributed by atoms with Crippen LogP contribution in [0.1, 0.15) is 13.3 Å². The summed E-state index contributed by atoms with van der Waals surface area (Å²) in [6.07, 6.45) is 0.136. The number of ether oxygens (including phenoxy) is 2. The molecule has 18 heavy (non-hydrogen) atoms. The minimum Gasteiger partial charge on any atom is -0.485 e. The van der Waals surface area contributed by atoms with Crippen molar-refractivity contribution < 1.29 is 14.3 Å². The summed E-state index contributed by atoms with van der Waals surface area (Å²) in [4.78, 5) is 15.0. The number of carbonyl (C=O) groups is 1. The Morgan fingerprint density at radius 3 is 2.61 bits per heavy atom. The van der Waals surface area contributed by atoms with Crippen molar-refractivity contribution in [3.05, 3.63) is 41.7 Å². The maximum Gasteiger partial charge on any atom is 0.270 e. The van der Waals surface area contributed by atoms with Crippen LogP contribution in [0.2, 0.25) is 0 Å². The van der Waals surface area contributed by atoms with Gasteiger partial charge in [0.05, 0.1) is 6.42 Å². The molecule has 0 bridgehead atoms. The maximum atomic E-state index is 11.5.